The van der Waals surface area contributed by atoms with Crippen molar-refractivity contribution in [3.63, 3.8) is 0 Å². The van der Waals surface area contributed by atoms with Gasteiger partial charge in [0, 0.05) is 17.3 Å². The molecule has 1 aliphatic carbocycles. The Hall–Kier alpha value is -2.04. The van der Waals surface area contributed by atoms with E-state index < -0.39 is 6.09 Å². The molecule has 1 saturated carbocycles. The number of hydrogen-bond donors (Lipinski definition) is 2. The fourth-order valence-corrected chi connectivity index (χ4v) is 2.81. The van der Waals surface area contributed by atoms with Crippen molar-refractivity contribution in [1.82, 2.24) is 5.32 Å². The number of anilines is 1. The molecule has 2 rings (SSSR count). The number of nitrogens with one attached hydrogen (secondary N) is 2. The molecule has 1 fully saturated rings. The topological polar surface area (TPSA) is 67.4 Å². The molecule has 5 heteroatoms. The maximum atomic E-state index is 12.4. The van der Waals surface area contributed by atoms with Crippen molar-refractivity contribution in [2.75, 3.05) is 11.9 Å². The lowest BCUT2D eigenvalue weighted by atomic mass is 9.86. The predicted octanol–water partition coefficient (Wildman–Crippen LogP) is 3.56. The largest absolute Gasteiger partial charge is 0.450 e. The second kappa shape index (κ2) is 7.82. The highest BCUT2D eigenvalue weighted by Gasteiger charge is 2.23. The van der Waals surface area contributed by atoms with E-state index in [2.05, 4.69) is 17.6 Å². The minimum atomic E-state index is -0.513. The number of ether oxygens (including phenoxy) is 1. The molecule has 1 aromatic carbocycles. The summed E-state index contributed by atoms with van der Waals surface area (Å²) in [7, 11) is 0. The van der Waals surface area contributed by atoms with Crippen LogP contribution in [-0.2, 0) is 4.74 Å². The fourth-order valence-electron chi connectivity index (χ4n) is 2.81. The van der Waals surface area contributed by atoms with Gasteiger partial charge in [0.25, 0.3) is 5.91 Å². The van der Waals surface area contributed by atoms with Crippen molar-refractivity contribution in [2.45, 2.75) is 45.6 Å². The summed E-state index contributed by atoms with van der Waals surface area (Å²) in [5.41, 5.74) is 1.11. The molecule has 5 nitrogen and oxygen atoms in total. The first kappa shape index (κ1) is 16.3. The lowest BCUT2D eigenvalue weighted by Crippen LogP contribution is -2.41. The molecule has 0 bridgehead atoms. The highest BCUT2D eigenvalue weighted by Crippen LogP contribution is 2.24. The number of hydrogen-bond acceptors (Lipinski definition) is 3. The average Bonchev–Trinajstić information content (AvgIpc) is 2.50. The molecule has 2 amide bonds. The van der Waals surface area contributed by atoms with Gasteiger partial charge in [-0.15, -0.1) is 0 Å². The van der Waals surface area contributed by atoms with Crippen LogP contribution in [0.2, 0.25) is 0 Å². The number of amides is 2. The molecule has 0 heterocycles. The summed E-state index contributed by atoms with van der Waals surface area (Å²) in [6.45, 7) is 4.24. The molecule has 0 aromatic heterocycles. The van der Waals surface area contributed by atoms with Crippen molar-refractivity contribution >= 4 is 17.7 Å². The first-order chi connectivity index (χ1) is 10.6. The van der Waals surface area contributed by atoms with Gasteiger partial charge in [-0.3, -0.25) is 10.1 Å². The summed E-state index contributed by atoms with van der Waals surface area (Å²) in [6, 6.07) is 7.14. The predicted molar refractivity (Wildman–Crippen MR) is 86.0 cm³/mol. The minimum absolute atomic E-state index is 0.0914. The molecule has 0 spiro atoms. The third-order valence-corrected chi connectivity index (χ3v) is 4.07. The van der Waals surface area contributed by atoms with Crippen LogP contribution in [0.5, 0.6) is 0 Å². The van der Waals surface area contributed by atoms with Crippen molar-refractivity contribution in [3.8, 4) is 0 Å². The Morgan fingerprint density at radius 3 is 2.77 bits per heavy atom. The first-order valence-corrected chi connectivity index (χ1v) is 7.95. The van der Waals surface area contributed by atoms with Crippen LogP contribution in [0.15, 0.2) is 24.3 Å². The molecular weight excluding hydrogens is 280 g/mol. The van der Waals surface area contributed by atoms with Crippen LogP contribution in [0.3, 0.4) is 0 Å². The van der Waals surface area contributed by atoms with Crippen molar-refractivity contribution < 1.29 is 14.3 Å². The van der Waals surface area contributed by atoms with E-state index >= 15 is 0 Å². The van der Waals surface area contributed by atoms with E-state index in [0.29, 0.717) is 23.8 Å². The number of rotatable bonds is 4. The summed E-state index contributed by atoms with van der Waals surface area (Å²) in [4.78, 5) is 23.8. The molecule has 2 N–H and O–H groups in total. The van der Waals surface area contributed by atoms with Crippen LogP contribution in [0.25, 0.3) is 0 Å². The van der Waals surface area contributed by atoms with Crippen LogP contribution in [0.4, 0.5) is 10.5 Å². The number of carbonyl (C=O) groups is 2. The molecular formula is C17H24N2O3. The van der Waals surface area contributed by atoms with E-state index in [0.717, 1.165) is 12.8 Å². The van der Waals surface area contributed by atoms with Gasteiger partial charge in [-0.1, -0.05) is 25.8 Å². The van der Waals surface area contributed by atoms with Crippen LogP contribution in [-0.4, -0.2) is 24.6 Å². The smallest absolute Gasteiger partial charge is 0.411 e. The van der Waals surface area contributed by atoms with Gasteiger partial charge in [0.15, 0.2) is 0 Å². The average molecular weight is 304 g/mol. The minimum Gasteiger partial charge on any atom is -0.450 e. The molecule has 0 unspecified atom stereocenters. The molecule has 0 saturated heterocycles. The lowest BCUT2D eigenvalue weighted by molar-refractivity contribution is 0.0910. The van der Waals surface area contributed by atoms with Crippen LogP contribution in [0, 0.1) is 5.92 Å². The van der Waals surface area contributed by atoms with E-state index in [-0.39, 0.29) is 11.9 Å². The van der Waals surface area contributed by atoms with Crippen molar-refractivity contribution in [1.29, 1.82) is 0 Å². The maximum absolute atomic E-state index is 12.4. The third kappa shape index (κ3) is 4.48. The van der Waals surface area contributed by atoms with Crippen molar-refractivity contribution in [3.05, 3.63) is 29.8 Å². The van der Waals surface area contributed by atoms with Crippen LogP contribution >= 0.6 is 0 Å². The zero-order valence-electron chi connectivity index (χ0n) is 13.2. The molecule has 2 atom stereocenters. The number of carbonyl (C=O) groups excluding carboxylic acids is 2. The summed E-state index contributed by atoms with van der Waals surface area (Å²) >= 11 is 0. The second-order valence-corrected chi connectivity index (χ2v) is 5.77. The van der Waals surface area contributed by atoms with Gasteiger partial charge < -0.3 is 10.1 Å². The van der Waals surface area contributed by atoms with Crippen LogP contribution < -0.4 is 10.6 Å². The van der Waals surface area contributed by atoms with Gasteiger partial charge in [-0.05, 0) is 43.9 Å². The monoisotopic (exact) mass is 304 g/mol. The zero-order valence-corrected chi connectivity index (χ0v) is 13.2. The van der Waals surface area contributed by atoms with Crippen molar-refractivity contribution in [2.24, 2.45) is 5.92 Å². The normalized spacial score (nSPS) is 21.0. The van der Waals surface area contributed by atoms with Gasteiger partial charge in [0.2, 0.25) is 0 Å². The summed E-state index contributed by atoms with van der Waals surface area (Å²) in [5.74, 6) is 0.421. The van der Waals surface area contributed by atoms with Gasteiger partial charge >= 0.3 is 6.09 Å². The molecule has 120 valence electrons. The van der Waals surface area contributed by atoms with Gasteiger partial charge in [0.05, 0.1) is 6.61 Å². The fraction of sp³-hybridized carbons (Fsp3) is 0.529. The van der Waals surface area contributed by atoms with E-state index in [1.807, 2.05) is 0 Å². The Morgan fingerprint density at radius 2 is 2.05 bits per heavy atom. The van der Waals surface area contributed by atoms with Gasteiger partial charge in [-0.2, -0.15) is 0 Å². The summed E-state index contributed by atoms with van der Waals surface area (Å²) in [5, 5.41) is 5.72. The Morgan fingerprint density at radius 1 is 1.27 bits per heavy atom. The maximum Gasteiger partial charge on any atom is 0.411 e. The second-order valence-electron chi connectivity index (χ2n) is 5.77. The van der Waals surface area contributed by atoms with Gasteiger partial charge in [0.1, 0.15) is 0 Å². The Bertz CT molecular complexity index is 530. The standard InChI is InChI=1S/C17H24N2O3/c1-3-22-17(21)18-14-9-6-8-13(11-14)16(20)19-15-10-5-4-7-12(15)2/h6,8-9,11-12,15H,3-5,7,10H2,1-2H3,(H,18,21)(H,19,20)/t12-,15-/m1/s1. The zero-order chi connectivity index (χ0) is 15.9. The highest BCUT2D eigenvalue weighted by molar-refractivity contribution is 5.96. The lowest BCUT2D eigenvalue weighted by Gasteiger charge is -2.29. The Kier molecular flexibility index (Phi) is 5.81. The van der Waals surface area contributed by atoms with Gasteiger partial charge in [-0.25, -0.2) is 4.79 Å². The Labute approximate surface area is 131 Å². The number of benzene rings is 1. The molecule has 1 aliphatic rings. The third-order valence-electron chi connectivity index (χ3n) is 4.07. The molecule has 1 aromatic rings. The molecule has 22 heavy (non-hydrogen) atoms. The van der Waals surface area contributed by atoms with E-state index in [4.69, 9.17) is 4.74 Å². The SMILES string of the molecule is CCOC(=O)Nc1cccc(C(=O)N[C@@H]2CCCC[C@H]2C)c1. The molecule has 0 aliphatic heterocycles. The Balaban J connectivity index is 1.99. The summed E-state index contributed by atoms with van der Waals surface area (Å²) < 4.78 is 4.83. The molecule has 0 radical (unpaired) electrons. The first-order valence-electron chi connectivity index (χ1n) is 7.95. The van der Waals surface area contributed by atoms with E-state index in [1.54, 1.807) is 31.2 Å². The summed E-state index contributed by atoms with van der Waals surface area (Å²) in [6.07, 6.45) is 4.09. The van der Waals surface area contributed by atoms with E-state index in [9.17, 15) is 9.59 Å². The highest BCUT2D eigenvalue weighted by atomic mass is 16.5. The quantitative estimate of drug-likeness (QED) is 0.893. The van der Waals surface area contributed by atoms with E-state index in [1.165, 1.54) is 12.8 Å². The van der Waals surface area contributed by atoms with Crippen LogP contribution in [0.1, 0.15) is 49.9 Å².